The summed E-state index contributed by atoms with van der Waals surface area (Å²) in [5.74, 6) is -1.98. The third-order valence-electron chi connectivity index (χ3n) is 3.47. The maximum absolute atomic E-state index is 13.3. The van der Waals surface area contributed by atoms with Crippen molar-refractivity contribution >= 4 is 50.6 Å². The maximum Gasteiger partial charge on any atom is 0.387 e. The third kappa shape index (κ3) is 4.73. The fourth-order valence-corrected chi connectivity index (χ4v) is 3.71. The Bertz CT molecular complexity index is 1020. The van der Waals surface area contributed by atoms with E-state index in [1.54, 1.807) is 0 Å². The van der Waals surface area contributed by atoms with Crippen LogP contribution in [0.2, 0.25) is 5.02 Å². The standard InChI is InChI=1S/C18H11ClF3NO4S/c19-15-12-6-1-9(20)7-13(12)28-16(15)17(25)26-8-14(24)23-10-2-4-11(5-3-10)27-18(21)22/h1-7,18H,8H2,(H,23,24). The van der Waals surface area contributed by atoms with Gasteiger partial charge in [0.25, 0.3) is 5.91 Å². The summed E-state index contributed by atoms with van der Waals surface area (Å²) in [6.45, 7) is -3.54. The number of esters is 1. The summed E-state index contributed by atoms with van der Waals surface area (Å²) in [4.78, 5) is 24.1. The summed E-state index contributed by atoms with van der Waals surface area (Å²) >= 11 is 7.08. The van der Waals surface area contributed by atoms with Crippen LogP contribution in [0, 0.1) is 5.82 Å². The maximum atomic E-state index is 13.3. The molecule has 0 aliphatic carbocycles. The van der Waals surface area contributed by atoms with Gasteiger partial charge in [-0.2, -0.15) is 8.78 Å². The first-order chi connectivity index (χ1) is 13.3. The first kappa shape index (κ1) is 20.0. The smallest absolute Gasteiger partial charge is 0.387 e. The van der Waals surface area contributed by atoms with Crippen molar-refractivity contribution in [3.8, 4) is 5.75 Å². The molecule has 0 aliphatic rings. The number of fused-ring (bicyclic) bond motifs is 1. The number of halogens is 4. The Hall–Kier alpha value is -2.78. The summed E-state index contributed by atoms with van der Waals surface area (Å²) in [6, 6.07) is 9.14. The second kappa shape index (κ2) is 8.49. The van der Waals surface area contributed by atoms with Crippen LogP contribution in [-0.2, 0) is 9.53 Å². The molecule has 2 aromatic carbocycles. The van der Waals surface area contributed by atoms with E-state index in [1.807, 2.05) is 0 Å². The third-order valence-corrected chi connectivity index (χ3v) is 5.11. The number of anilines is 1. The van der Waals surface area contributed by atoms with Crippen LogP contribution in [0.4, 0.5) is 18.9 Å². The molecule has 0 radical (unpaired) electrons. The Labute approximate surface area is 165 Å². The minimum absolute atomic E-state index is 0.0589. The highest BCUT2D eigenvalue weighted by atomic mass is 35.5. The Kier molecular flexibility index (Phi) is 6.05. The molecule has 3 aromatic rings. The van der Waals surface area contributed by atoms with Gasteiger partial charge in [-0.3, -0.25) is 4.79 Å². The molecule has 1 aromatic heterocycles. The van der Waals surface area contributed by atoms with Crippen LogP contribution in [0.5, 0.6) is 5.75 Å². The van der Waals surface area contributed by atoms with Gasteiger partial charge in [-0.1, -0.05) is 11.6 Å². The second-order valence-corrected chi connectivity index (χ2v) is 6.84. The monoisotopic (exact) mass is 429 g/mol. The zero-order valence-electron chi connectivity index (χ0n) is 13.9. The number of amides is 1. The van der Waals surface area contributed by atoms with Crippen molar-refractivity contribution in [2.45, 2.75) is 6.61 Å². The fourth-order valence-electron chi connectivity index (χ4n) is 2.28. The number of hydrogen-bond acceptors (Lipinski definition) is 5. The van der Waals surface area contributed by atoms with Crippen molar-refractivity contribution in [2.75, 3.05) is 11.9 Å². The van der Waals surface area contributed by atoms with Crippen LogP contribution in [0.25, 0.3) is 10.1 Å². The lowest BCUT2D eigenvalue weighted by Gasteiger charge is -2.08. The van der Waals surface area contributed by atoms with Crippen molar-refractivity contribution in [2.24, 2.45) is 0 Å². The van der Waals surface area contributed by atoms with Crippen molar-refractivity contribution in [3.63, 3.8) is 0 Å². The van der Waals surface area contributed by atoms with Gasteiger partial charge in [0, 0.05) is 15.8 Å². The molecular formula is C18H11ClF3NO4S. The Morgan fingerprint density at radius 1 is 1.14 bits per heavy atom. The molecule has 0 unspecified atom stereocenters. The molecule has 0 spiro atoms. The van der Waals surface area contributed by atoms with Gasteiger partial charge in [-0.05, 0) is 42.5 Å². The lowest BCUT2D eigenvalue weighted by atomic mass is 10.2. The summed E-state index contributed by atoms with van der Waals surface area (Å²) < 4.78 is 47.1. The summed E-state index contributed by atoms with van der Waals surface area (Å²) in [6.07, 6.45) is 0. The largest absolute Gasteiger partial charge is 0.451 e. The molecule has 0 saturated carbocycles. The van der Waals surface area contributed by atoms with Crippen LogP contribution >= 0.6 is 22.9 Å². The normalized spacial score (nSPS) is 10.9. The molecule has 1 amide bonds. The number of carbonyl (C=O) groups excluding carboxylic acids is 2. The van der Waals surface area contributed by atoms with E-state index in [1.165, 1.54) is 42.5 Å². The van der Waals surface area contributed by atoms with E-state index in [9.17, 15) is 22.8 Å². The highest BCUT2D eigenvalue weighted by molar-refractivity contribution is 7.21. The van der Waals surface area contributed by atoms with E-state index in [4.69, 9.17) is 16.3 Å². The predicted molar refractivity (Wildman–Crippen MR) is 98.8 cm³/mol. The topological polar surface area (TPSA) is 64.6 Å². The number of hydrogen-bond donors (Lipinski definition) is 1. The zero-order chi connectivity index (χ0) is 20.3. The summed E-state index contributed by atoms with van der Waals surface area (Å²) in [5.41, 5.74) is 0.304. The van der Waals surface area contributed by atoms with Crippen molar-refractivity contribution < 1.29 is 32.2 Å². The van der Waals surface area contributed by atoms with Crippen LogP contribution < -0.4 is 10.1 Å². The molecule has 1 heterocycles. The average molecular weight is 430 g/mol. The average Bonchev–Trinajstić information content (AvgIpc) is 2.97. The minimum atomic E-state index is -2.95. The lowest BCUT2D eigenvalue weighted by Crippen LogP contribution is -2.20. The first-order valence-electron chi connectivity index (χ1n) is 7.73. The number of rotatable bonds is 6. The van der Waals surface area contributed by atoms with Crippen LogP contribution in [0.3, 0.4) is 0 Å². The Balaban J connectivity index is 1.58. The fraction of sp³-hybridized carbons (Fsp3) is 0.111. The molecule has 0 bridgehead atoms. The molecule has 146 valence electrons. The van der Waals surface area contributed by atoms with Crippen LogP contribution in [0.15, 0.2) is 42.5 Å². The molecule has 28 heavy (non-hydrogen) atoms. The summed E-state index contributed by atoms with van der Waals surface area (Å²) in [7, 11) is 0. The first-order valence-corrected chi connectivity index (χ1v) is 8.92. The number of alkyl halides is 2. The Morgan fingerprint density at radius 2 is 1.86 bits per heavy atom. The van der Waals surface area contributed by atoms with E-state index in [-0.39, 0.29) is 15.6 Å². The molecule has 0 fully saturated rings. The van der Waals surface area contributed by atoms with E-state index >= 15 is 0 Å². The highest BCUT2D eigenvalue weighted by Gasteiger charge is 2.20. The SMILES string of the molecule is O=C(COC(=O)c1sc2cc(F)ccc2c1Cl)Nc1ccc(OC(F)F)cc1. The number of thiophene rings is 1. The molecule has 0 saturated heterocycles. The second-order valence-electron chi connectivity index (χ2n) is 5.41. The van der Waals surface area contributed by atoms with Gasteiger partial charge in [-0.15, -0.1) is 11.3 Å². The highest BCUT2D eigenvalue weighted by Crippen LogP contribution is 2.36. The van der Waals surface area contributed by atoms with Gasteiger partial charge in [0.05, 0.1) is 5.02 Å². The number of ether oxygens (including phenoxy) is 2. The van der Waals surface area contributed by atoms with Gasteiger partial charge in [-0.25, -0.2) is 9.18 Å². The van der Waals surface area contributed by atoms with Gasteiger partial charge in [0.2, 0.25) is 0 Å². The molecule has 0 atom stereocenters. The molecule has 10 heteroatoms. The molecular weight excluding hydrogens is 419 g/mol. The van der Waals surface area contributed by atoms with Crippen molar-refractivity contribution in [1.29, 1.82) is 0 Å². The molecule has 5 nitrogen and oxygen atoms in total. The van der Waals surface area contributed by atoms with Gasteiger partial charge >= 0.3 is 12.6 Å². The number of nitrogens with one attached hydrogen (secondary N) is 1. The van der Waals surface area contributed by atoms with Gasteiger partial charge in [0.1, 0.15) is 16.4 Å². The Morgan fingerprint density at radius 3 is 2.54 bits per heavy atom. The van der Waals surface area contributed by atoms with Crippen molar-refractivity contribution in [3.05, 3.63) is 58.2 Å². The predicted octanol–water partition coefficient (Wildman–Crippen LogP) is 5.09. The lowest BCUT2D eigenvalue weighted by molar-refractivity contribution is -0.119. The molecule has 3 rings (SSSR count). The number of carbonyl (C=O) groups is 2. The van der Waals surface area contributed by atoms with E-state index < -0.39 is 30.9 Å². The quantitative estimate of drug-likeness (QED) is 0.554. The van der Waals surface area contributed by atoms with E-state index in [0.717, 1.165) is 11.3 Å². The van der Waals surface area contributed by atoms with Crippen LogP contribution in [0.1, 0.15) is 9.67 Å². The van der Waals surface area contributed by atoms with Gasteiger partial charge < -0.3 is 14.8 Å². The minimum Gasteiger partial charge on any atom is -0.451 e. The van der Waals surface area contributed by atoms with E-state index in [0.29, 0.717) is 15.8 Å². The van der Waals surface area contributed by atoms with Crippen LogP contribution in [-0.4, -0.2) is 25.1 Å². The molecule has 1 N–H and O–H groups in total. The van der Waals surface area contributed by atoms with Gasteiger partial charge in [0.15, 0.2) is 6.61 Å². The number of benzene rings is 2. The summed E-state index contributed by atoms with van der Waals surface area (Å²) in [5, 5.41) is 3.07. The molecule has 0 aliphatic heterocycles. The van der Waals surface area contributed by atoms with E-state index in [2.05, 4.69) is 10.1 Å². The van der Waals surface area contributed by atoms with Crippen molar-refractivity contribution in [1.82, 2.24) is 0 Å². The zero-order valence-corrected chi connectivity index (χ0v) is 15.5.